The second-order valence-electron chi connectivity index (χ2n) is 13.0. The number of halogens is 3. The van der Waals surface area contributed by atoms with E-state index in [2.05, 4.69) is 40.1 Å². The molecule has 3 aromatic rings. The van der Waals surface area contributed by atoms with Crippen LogP contribution in [0.1, 0.15) is 41.5 Å². The normalized spacial score (nSPS) is 19.4. The molecule has 1 heterocycles. The Balaban J connectivity index is 0.911. The van der Waals surface area contributed by atoms with Crippen LogP contribution in [0.15, 0.2) is 83.8 Å². The van der Waals surface area contributed by atoms with Crippen molar-refractivity contribution in [2.45, 2.75) is 30.7 Å². The van der Waals surface area contributed by atoms with Crippen LogP contribution in [0.2, 0.25) is 15.1 Å². The maximum Gasteiger partial charge on any atom is 0.240 e. The van der Waals surface area contributed by atoms with Crippen molar-refractivity contribution in [3.63, 3.8) is 0 Å². The molecule has 0 saturated heterocycles. The van der Waals surface area contributed by atoms with Gasteiger partial charge in [0.25, 0.3) is 0 Å². The largest absolute Gasteiger partial charge is 0.378 e. The molecule has 8 nitrogen and oxygen atoms in total. The highest BCUT2D eigenvalue weighted by molar-refractivity contribution is 7.89. The summed E-state index contributed by atoms with van der Waals surface area (Å²) >= 11 is 18.8. The Morgan fingerprint density at radius 2 is 1.58 bits per heavy atom. The first-order chi connectivity index (χ1) is 24.0. The van der Waals surface area contributed by atoms with Gasteiger partial charge in [0.2, 0.25) is 10.0 Å². The van der Waals surface area contributed by atoms with Gasteiger partial charge < -0.3 is 24.4 Å². The summed E-state index contributed by atoms with van der Waals surface area (Å²) in [7, 11) is -1.70. The summed E-state index contributed by atoms with van der Waals surface area (Å²) in [6.07, 6.45) is 7.71. The zero-order chi connectivity index (χ0) is 35.6. The van der Waals surface area contributed by atoms with Crippen LogP contribution in [0.3, 0.4) is 0 Å². The number of nitrogens with one attached hydrogen (secondary N) is 2. The second kappa shape index (κ2) is 18.5. The smallest absolute Gasteiger partial charge is 0.240 e. The number of fused-ring (bicyclic) bond motifs is 1. The lowest BCUT2D eigenvalue weighted by atomic mass is 9.81. The highest BCUT2D eigenvalue weighted by Gasteiger charge is 2.28. The SMILES string of the molecule is CN1Cc2c(Cl)cc(Cl)cc2[C@H](c2cccc(S(=O)(=O)NCCOCCOCCOCCNCC3(C)C=CC(c4ccc(Cl)cc4)=CC3)c2)C1. The van der Waals surface area contributed by atoms with Gasteiger partial charge in [-0.05, 0) is 77.7 Å². The molecule has 0 saturated carbocycles. The molecular formula is C38H46Cl3N3O5S. The van der Waals surface area contributed by atoms with E-state index in [4.69, 9.17) is 49.0 Å². The highest BCUT2D eigenvalue weighted by atomic mass is 35.5. The van der Waals surface area contributed by atoms with E-state index < -0.39 is 10.0 Å². The van der Waals surface area contributed by atoms with Gasteiger partial charge in [-0.1, -0.05) is 84.2 Å². The summed E-state index contributed by atoms with van der Waals surface area (Å²) < 4.78 is 45.6. The lowest BCUT2D eigenvalue weighted by molar-refractivity contribution is 0.0161. The summed E-state index contributed by atoms with van der Waals surface area (Å²) in [6.45, 7) is 8.01. The molecule has 0 fully saturated rings. The molecule has 270 valence electrons. The van der Waals surface area contributed by atoms with Crippen molar-refractivity contribution in [1.29, 1.82) is 0 Å². The Labute approximate surface area is 311 Å². The molecule has 0 bridgehead atoms. The monoisotopic (exact) mass is 761 g/mol. The van der Waals surface area contributed by atoms with Crippen molar-refractivity contribution in [3.05, 3.63) is 116 Å². The average Bonchev–Trinajstić information content (AvgIpc) is 3.09. The number of nitrogens with zero attached hydrogens (tertiary/aromatic N) is 1. The van der Waals surface area contributed by atoms with Crippen molar-refractivity contribution >= 4 is 50.4 Å². The molecule has 12 heteroatoms. The molecule has 1 unspecified atom stereocenters. The van der Waals surface area contributed by atoms with Crippen LogP contribution in [0, 0.1) is 5.41 Å². The van der Waals surface area contributed by atoms with Gasteiger partial charge in [-0.3, -0.25) is 0 Å². The predicted octanol–water partition coefficient (Wildman–Crippen LogP) is 7.19. The number of hydrogen-bond acceptors (Lipinski definition) is 7. The highest BCUT2D eigenvalue weighted by Crippen LogP contribution is 2.39. The fourth-order valence-electron chi connectivity index (χ4n) is 6.18. The predicted molar refractivity (Wildman–Crippen MR) is 203 cm³/mol. The number of benzene rings is 3. The van der Waals surface area contributed by atoms with E-state index in [0.29, 0.717) is 49.6 Å². The number of sulfonamides is 1. The van der Waals surface area contributed by atoms with E-state index in [1.165, 1.54) is 11.1 Å². The Morgan fingerprint density at radius 3 is 2.28 bits per heavy atom. The van der Waals surface area contributed by atoms with Crippen LogP contribution < -0.4 is 10.0 Å². The van der Waals surface area contributed by atoms with Gasteiger partial charge in [-0.2, -0.15) is 0 Å². The fraction of sp³-hybridized carbons (Fsp3) is 0.421. The first-order valence-electron chi connectivity index (χ1n) is 16.9. The summed E-state index contributed by atoms with van der Waals surface area (Å²) in [6, 6.07) is 18.7. The van der Waals surface area contributed by atoms with Gasteiger partial charge >= 0.3 is 0 Å². The molecule has 0 aromatic heterocycles. The summed E-state index contributed by atoms with van der Waals surface area (Å²) in [5, 5.41) is 5.43. The molecule has 1 aliphatic heterocycles. The van der Waals surface area contributed by atoms with Gasteiger partial charge in [-0.15, -0.1) is 0 Å². The van der Waals surface area contributed by atoms with E-state index >= 15 is 0 Å². The van der Waals surface area contributed by atoms with Crippen molar-refractivity contribution in [3.8, 4) is 0 Å². The van der Waals surface area contributed by atoms with E-state index in [-0.39, 0.29) is 29.4 Å². The Hall–Kier alpha value is -2.28. The fourth-order valence-corrected chi connectivity index (χ4v) is 7.94. The number of hydrogen-bond donors (Lipinski definition) is 2. The Bertz CT molecular complexity index is 1750. The third kappa shape index (κ3) is 11.1. The van der Waals surface area contributed by atoms with Gasteiger partial charge in [-0.25, -0.2) is 13.1 Å². The number of allylic oxidation sites excluding steroid dienone is 3. The van der Waals surface area contributed by atoms with Crippen molar-refractivity contribution in [1.82, 2.24) is 14.9 Å². The number of likely N-dealkylation sites (N-methyl/N-ethyl adjacent to an activating group) is 1. The van der Waals surface area contributed by atoms with E-state index in [0.717, 1.165) is 47.8 Å². The molecule has 2 atom stereocenters. The van der Waals surface area contributed by atoms with Gasteiger partial charge in [0.1, 0.15) is 0 Å². The van der Waals surface area contributed by atoms with Crippen LogP contribution >= 0.6 is 34.8 Å². The van der Waals surface area contributed by atoms with Crippen LogP contribution in [0.4, 0.5) is 0 Å². The lowest BCUT2D eigenvalue weighted by Crippen LogP contribution is -2.33. The molecule has 0 spiro atoms. The Morgan fingerprint density at radius 1 is 0.880 bits per heavy atom. The van der Waals surface area contributed by atoms with E-state index in [9.17, 15) is 8.42 Å². The molecule has 0 amide bonds. The standard InChI is InChI=1S/C38H46Cl3N3O5S/c1-38(12-10-29(11-13-38)28-6-8-31(39)9-7-28)27-42-14-16-47-18-20-49-21-19-48-17-15-43-50(45,46)33-5-3-4-30(22-33)35-25-44(2)26-36-34(35)23-32(40)24-37(36)41/h3-12,22-24,35,42-43H,13-21,25-27H2,1-2H3/t35-,38?/m0/s1. The minimum absolute atomic E-state index is 0.0536. The maximum atomic E-state index is 13.1. The van der Waals surface area contributed by atoms with Crippen LogP contribution in [0.25, 0.3) is 5.57 Å². The number of rotatable bonds is 18. The average molecular weight is 763 g/mol. The number of ether oxygens (including phenoxy) is 3. The van der Waals surface area contributed by atoms with Gasteiger partial charge in [0.15, 0.2) is 0 Å². The third-order valence-electron chi connectivity index (χ3n) is 8.93. The zero-order valence-corrected chi connectivity index (χ0v) is 31.7. The molecule has 1 aliphatic carbocycles. The van der Waals surface area contributed by atoms with Crippen molar-refractivity contribution in [2.75, 3.05) is 72.9 Å². The molecule has 2 N–H and O–H groups in total. The zero-order valence-electron chi connectivity index (χ0n) is 28.6. The Kier molecular flexibility index (Phi) is 14.4. The minimum atomic E-state index is -3.73. The maximum absolute atomic E-state index is 13.1. The van der Waals surface area contributed by atoms with Crippen LogP contribution in [-0.2, 0) is 30.8 Å². The van der Waals surface area contributed by atoms with Gasteiger partial charge in [0, 0.05) is 59.1 Å². The van der Waals surface area contributed by atoms with Gasteiger partial charge in [0.05, 0.1) is 44.5 Å². The van der Waals surface area contributed by atoms with Crippen molar-refractivity contribution in [2.24, 2.45) is 5.41 Å². The lowest BCUT2D eigenvalue weighted by Gasteiger charge is -2.33. The first-order valence-corrected chi connectivity index (χ1v) is 19.5. The van der Waals surface area contributed by atoms with E-state index in [1.807, 2.05) is 43.4 Å². The van der Waals surface area contributed by atoms with Crippen LogP contribution in [-0.4, -0.2) is 86.2 Å². The summed E-state index contributed by atoms with van der Waals surface area (Å²) in [5.74, 6) is -0.0536. The third-order valence-corrected chi connectivity index (χ3v) is 11.2. The molecule has 0 radical (unpaired) electrons. The molecular weight excluding hydrogens is 717 g/mol. The quantitative estimate of drug-likeness (QED) is 0.133. The van der Waals surface area contributed by atoms with Crippen LogP contribution in [0.5, 0.6) is 0 Å². The molecule has 5 rings (SSSR count). The topological polar surface area (TPSA) is 89.1 Å². The first kappa shape index (κ1) is 38.9. The van der Waals surface area contributed by atoms with Crippen molar-refractivity contribution < 1.29 is 22.6 Å². The summed E-state index contributed by atoms with van der Waals surface area (Å²) in [4.78, 5) is 2.38. The molecule has 3 aromatic carbocycles. The molecule has 50 heavy (non-hydrogen) atoms. The minimum Gasteiger partial charge on any atom is -0.378 e. The van der Waals surface area contributed by atoms with E-state index in [1.54, 1.807) is 24.3 Å². The molecule has 2 aliphatic rings. The summed E-state index contributed by atoms with van der Waals surface area (Å²) in [5.41, 5.74) is 5.41. The second-order valence-corrected chi connectivity index (χ2v) is 16.1.